The summed E-state index contributed by atoms with van der Waals surface area (Å²) in [7, 11) is -2.27. The second-order valence-electron chi connectivity index (χ2n) is 3.51. The van der Waals surface area contributed by atoms with Gasteiger partial charge in [-0.05, 0) is 24.6 Å². The quantitative estimate of drug-likeness (QED) is 0.872. The van der Waals surface area contributed by atoms with E-state index in [0.29, 0.717) is 10.6 Å². The van der Waals surface area contributed by atoms with Crippen LogP contribution in [0.25, 0.3) is 0 Å². The molecule has 0 saturated heterocycles. The zero-order valence-electron chi connectivity index (χ0n) is 11.6. The van der Waals surface area contributed by atoms with Crippen molar-refractivity contribution in [3.63, 3.8) is 0 Å². The minimum atomic E-state index is -3.48. The molecule has 0 atom stereocenters. The van der Waals surface area contributed by atoms with Crippen molar-refractivity contribution in [3.8, 4) is 0 Å². The van der Waals surface area contributed by atoms with Gasteiger partial charge in [-0.2, -0.15) is 0 Å². The maximum atomic E-state index is 11.5. The Bertz CT molecular complexity index is 555. The molecule has 0 unspecified atom stereocenters. The van der Waals surface area contributed by atoms with Gasteiger partial charge in [0.1, 0.15) is 0 Å². The monoisotopic (exact) mass is 307 g/mol. The third-order valence-electron chi connectivity index (χ3n) is 1.99. The maximum absolute atomic E-state index is 11.5. The van der Waals surface area contributed by atoms with Crippen molar-refractivity contribution in [1.82, 2.24) is 0 Å². The maximum Gasteiger partial charge on any atom is 0.340 e. The zero-order chi connectivity index (χ0) is 15.2. The van der Waals surface area contributed by atoms with E-state index < -0.39 is 16.0 Å². The molecule has 19 heavy (non-hydrogen) atoms. The number of methoxy groups -OCH3 is 1. The lowest BCUT2D eigenvalue weighted by atomic mass is 10.1. The molecule has 1 rings (SSSR count). The Hall–Kier alpha value is -1.27. The molecule has 0 heterocycles. The fourth-order valence-corrected chi connectivity index (χ4v) is 2.25. The van der Waals surface area contributed by atoms with Crippen LogP contribution in [0.3, 0.4) is 0 Å². The standard InChI is InChI=1S/C10H12ClNO4S.C2H6/c1-6-4-7(11)5-8(10(13)16-2)9(6)12-17(3,14)15;1-2/h4-5,12H,1-3H3;1-2H3. The Kier molecular flexibility index (Phi) is 6.86. The zero-order valence-corrected chi connectivity index (χ0v) is 13.1. The van der Waals surface area contributed by atoms with E-state index in [1.54, 1.807) is 13.0 Å². The molecule has 1 aromatic carbocycles. The van der Waals surface area contributed by atoms with Gasteiger partial charge in [0.05, 0.1) is 24.6 Å². The number of halogens is 1. The molecule has 0 aromatic heterocycles. The summed E-state index contributed by atoms with van der Waals surface area (Å²) < 4.78 is 29.3. The molecular formula is C12H18ClNO4S. The molecule has 0 aliphatic carbocycles. The number of anilines is 1. The molecule has 0 fully saturated rings. The van der Waals surface area contributed by atoms with Gasteiger partial charge in [-0.25, -0.2) is 13.2 Å². The molecular weight excluding hydrogens is 290 g/mol. The van der Waals surface area contributed by atoms with Crippen molar-refractivity contribution in [2.45, 2.75) is 20.8 Å². The van der Waals surface area contributed by atoms with Crippen LogP contribution in [0.2, 0.25) is 5.02 Å². The van der Waals surface area contributed by atoms with Crippen molar-refractivity contribution in [3.05, 3.63) is 28.3 Å². The normalized spacial score (nSPS) is 10.2. The lowest BCUT2D eigenvalue weighted by molar-refractivity contribution is 0.0602. The number of nitrogens with one attached hydrogen (secondary N) is 1. The molecule has 7 heteroatoms. The van der Waals surface area contributed by atoms with Crippen LogP contribution in [-0.4, -0.2) is 27.8 Å². The minimum absolute atomic E-state index is 0.0860. The Morgan fingerprint density at radius 2 is 1.84 bits per heavy atom. The van der Waals surface area contributed by atoms with Crippen LogP contribution in [0.15, 0.2) is 12.1 Å². The first-order chi connectivity index (χ1) is 8.74. The van der Waals surface area contributed by atoms with Crippen LogP contribution in [0.5, 0.6) is 0 Å². The van der Waals surface area contributed by atoms with Gasteiger partial charge in [0, 0.05) is 5.02 Å². The first-order valence-electron chi connectivity index (χ1n) is 5.61. The van der Waals surface area contributed by atoms with Crippen LogP contribution >= 0.6 is 11.6 Å². The lowest BCUT2D eigenvalue weighted by Crippen LogP contribution is -2.15. The number of esters is 1. The van der Waals surface area contributed by atoms with E-state index in [1.807, 2.05) is 13.8 Å². The number of benzene rings is 1. The second kappa shape index (κ2) is 7.35. The lowest BCUT2D eigenvalue weighted by Gasteiger charge is -2.12. The van der Waals surface area contributed by atoms with E-state index in [1.165, 1.54) is 13.2 Å². The van der Waals surface area contributed by atoms with E-state index in [0.717, 1.165) is 6.26 Å². The van der Waals surface area contributed by atoms with Gasteiger partial charge in [-0.3, -0.25) is 4.72 Å². The Morgan fingerprint density at radius 1 is 1.32 bits per heavy atom. The Labute approximate surface area is 119 Å². The van der Waals surface area contributed by atoms with E-state index in [9.17, 15) is 13.2 Å². The van der Waals surface area contributed by atoms with E-state index in [4.69, 9.17) is 11.6 Å². The minimum Gasteiger partial charge on any atom is -0.465 e. The van der Waals surface area contributed by atoms with Crippen LogP contribution in [-0.2, 0) is 14.8 Å². The molecule has 0 amide bonds. The van der Waals surface area contributed by atoms with Crippen LogP contribution in [0.4, 0.5) is 5.69 Å². The largest absolute Gasteiger partial charge is 0.465 e. The van der Waals surface area contributed by atoms with Gasteiger partial charge in [0.15, 0.2) is 0 Å². The SMILES string of the molecule is CC.COC(=O)c1cc(Cl)cc(C)c1NS(C)(=O)=O. The summed E-state index contributed by atoms with van der Waals surface area (Å²) in [5.74, 6) is -0.651. The topological polar surface area (TPSA) is 72.5 Å². The summed E-state index contributed by atoms with van der Waals surface area (Å²) in [6.45, 7) is 5.64. The number of carbonyl (C=O) groups excluding carboxylic acids is 1. The van der Waals surface area contributed by atoms with E-state index >= 15 is 0 Å². The number of carbonyl (C=O) groups is 1. The summed E-state index contributed by atoms with van der Waals surface area (Å²) in [6, 6.07) is 2.91. The summed E-state index contributed by atoms with van der Waals surface area (Å²) in [5, 5.41) is 0.335. The number of sulfonamides is 1. The average molecular weight is 308 g/mol. The van der Waals surface area contributed by atoms with Gasteiger partial charge in [0.25, 0.3) is 0 Å². The molecule has 0 aliphatic heterocycles. The van der Waals surface area contributed by atoms with Crippen molar-refractivity contribution in [1.29, 1.82) is 0 Å². The van der Waals surface area contributed by atoms with E-state index in [-0.39, 0.29) is 11.3 Å². The highest BCUT2D eigenvalue weighted by molar-refractivity contribution is 7.92. The van der Waals surface area contributed by atoms with Crippen molar-refractivity contribution in [2.75, 3.05) is 18.1 Å². The van der Waals surface area contributed by atoms with E-state index in [2.05, 4.69) is 9.46 Å². The predicted molar refractivity (Wildman–Crippen MR) is 77.3 cm³/mol. The first kappa shape index (κ1) is 17.7. The Morgan fingerprint density at radius 3 is 2.26 bits per heavy atom. The smallest absolute Gasteiger partial charge is 0.340 e. The van der Waals surface area contributed by atoms with Gasteiger partial charge in [-0.15, -0.1) is 0 Å². The number of aryl methyl sites for hydroxylation is 1. The highest BCUT2D eigenvalue weighted by atomic mass is 35.5. The number of hydrogen-bond acceptors (Lipinski definition) is 4. The predicted octanol–water partition coefficient (Wildman–Crippen LogP) is 2.83. The number of ether oxygens (including phenoxy) is 1. The summed E-state index contributed by atoms with van der Waals surface area (Å²) in [6.07, 6.45) is 1.00. The van der Waals surface area contributed by atoms with Gasteiger partial charge in [0.2, 0.25) is 10.0 Å². The molecule has 0 aliphatic rings. The number of rotatable bonds is 3. The molecule has 1 N–H and O–H groups in total. The van der Waals surface area contributed by atoms with Crippen LogP contribution in [0, 0.1) is 6.92 Å². The highest BCUT2D eigenvalue weighted by Crippen LogP contribution is 2.26. The summed E-state index contributed by atoms with van der Waals surface area (Å²) >= 11 is 5.81. The molecule has 0 saturated carbocycles. The fourth-order valence-electron chi connectivity index (χ4n) is 1.33. The highest BCUT2D eigenvalue weighted by Gasteiger charge is 2.17. The van der Waals surface area contributed by atoms with Crippen LogP contribution < -0.4 is 4.72 Å². The first-order valence-corrected chi connectivity index (χ1v) is 7.88. The van der Waals surface area contributed by atoms with Crippen molar-refractivity contribution < 1.29 is 17.9 Å². The van der Waals surface area contributed by atoms with Crippen LogP contribution in [0.1, 0.15) is 29.8 Å². The molecule has 1 aromatic rings. The summed E-state index contributed by atoms with van der Waals surface area (Å²) in [5.41, 5.74) is 0.815. The fraction of sp³-hybridized carbons (Fsp3) is 0.417. The molecule has 5 nitrogen and oxygen atoms in total. The molecule has 108 valence electrons. The molecule has 0 radical (unpaired) electrons. The Balaban J connectivity index is 0.00000154. The van der Waals surface area contributed by atoms with Crippen molar-refractivity contribution in [2.24, 2.45) is 0 Å². The number of hydrogen-bond donors (Lipinski definition) is 1. The van der Waals surface area contributed by atoms with Gasteiger partial charge in [-0.1, -0.05) is 25.4 Å². The third kappa shape index (κ3) is 5.48. The summed E-state index contributed by atoms with van der Waals surface area (Å²) in [4.78, 5) is 11.5. The van der Waals surface area contributed by atoms with Crippen molar-refractivity contribution >= 4 is 33.3 Å². The molecule has 0 bridgehead atoms. The average Bonchev–Trinajstić information content (AvgIpc) is 2.32. The molecule has 0 spiro atoms. The second-order valence-corrected chi connectivity index (χ2v) is 5.70. The van der Waals surface area contributed by atoms with Gasteiger partial charge >= 0.3 is 5.97 Å². The third-order valence-corrected chi connectivity index (χ3v) is 2.79. The van der Waals surface area contributed by atoms with Gasteiger partial charge < -0.3 is 4.74 Å².